The largest absolute Gasteiger partial charge is 0.380 e. The maximum absolute atomic E-state index is 12.0. The fourth-order valence-corrected chi connectivity index (χ4v) is 2.59. The summed E-state index contributed by atoms with van der Waals surface area (Å²) in [6.45, 7) is 3.39. The van der Waals surface area contributed by atoms with Crippen LogP contribution in [0.15, 0.2) is 24.3 Å². The topological polar surface area (TPSA) is 67.6 Å². The van der Waals surface area contributed by atoms with Crippen molar-refractivity contribution in [3.8, 4) is 0 Å². The molecule has 1 heterocycles. The summed E-state index contributed by atoms with van der Waals surface area (Å²) in [6.07, 6.45) is 1.95. The molecule has 5 nitrogen and oxygen atoms in total. The van der Waals surface area contributed by atoms with Crippen LogP contribution in [0.5, 0.6) is 0 Å². The molecule has 0 radical (unpaired) electrons. The van der Waals surface area contributed by atoms with E-state index in [-0.39, 0.29) is 18.3 Å². The van der Waals surface area contributed by atoms with Gasteiger partial charge in [0.15, 0.2) is 0 Å². The van der Waals surface area contributed by atoms with Gasteiger partial charge >= 0.3 is 0 Å². The van der Waals surface area contributed by atoms with Gasteiger partial charge in [-0.05, 0) is 24.0 Å². The summed E-state index contributed by atoms with van der Waals surface area (Å²) >= 11 is 0. The van der Waals surface area contributed by atoms with Crippen LogP contribution in [0.2, 0.25) is 0 Å². The van der Waals surface area contributed by atoms with Crippen LogP contribution in [0.1, 0.15) is 24.0 Å². The predicted octanol–water partition coefficient (Wildman–Crippen LogP) is 1.29. The third kappa shape index (κ3) is 5.93. The third-order valence-electron chi connectivity index (χ3n) is 3.89. The number of hydrogen-bond acceptors (Lipinski definition) is 4. The fraction of sp³-hybridized carbons (Fsp3) is 0.562. The molecule has 0 aromatic heterocycles. The van der Waals surface area contributed by atoms with E-state index in [0.29, 0.717) is 25.7 Å². The number of hydrogen-bond donors (Lipinski definition) is 2. The van der Waals surface area contributed by atoms with Crippen LogP contribution in [0.3, 0.4) is 0 Å². The molecule has 124 valence electrons. The maximum atomic E-state index is 12.0. The summed E-state index contributed by atoms with van der Waals surface area (Å²) in [7, 11) is 1.68. The molecule has 0 unspecified atom stereocenters. The number of nitrogens with one attached hydrogen (secondary N) is 1. The zero-order valence-electron chi connectivity index (χ0n) is 13.1. The second kappa shape index (κ2) is 9.79. The average molecular weight is 328 g/mol. The van der Waals surface area contributed by atoms with E-state index in [0.717, 1.165) is 37.1 Å². The number of halogens is 1. The Morgan fingerprint density at radius 1 is 1.32 bits per heavy atom. The summed E-state index contributed by atoms with van der Waals surface area (Å²) in [5, 5.41) is 2.99. The molecule has 1 fully saturated rings. The van der Waals surface area contributed by atoms with Crippen LogP contribution in [-0.2, 0) is 22.7 Å². The number of amides is 1. The van der Waals surface area contributed by atoms with Crippen molar-refractivity contribution < 1.29 is 9.53 Å². The molecule has 0 spiro atoms. The quantitative estimate of drug-likeness (QED) is 0.826. The summed E-state index contributed by atoms with van der Waals surface area (Å²) in [4.78, 5) is 14.2. The first kappa shape index (κ1) is 18.9. The Morgan fingerprint density at radius 3 is 2.59 bits per heavy atom. The molecule has 1 aliphatic rings. The van der Waals surface area contributed by atoms with Crippen molar-refractivity contribution in [2.75, 3.05) is 26.7 Å². The van der Waals surface area contributed by atoms with Gasteiger partial charge in [-0.3, -0.25) is 9.69 Å². The Kier molecular flexibility index (Phi) is 8.42. The zero-order valence-corrected chi connectivity index (χ0v) is 13.9. The van der Waals surface area contributed by atoms with Gasteiger partial charge in [0.05, 0.1) is 13.2 Å². The molecule has 0 atom stereocenters. The molecule has 1 aromatic rings. The lowest BCUT2D eigenvalue weighted by Gasteiger charge is -2.29. The number of piperidine rings is 1. The molecule has 3 N–H and O–H groups in total. The highest BCUT2D eigenvalue weighted by Crippen LogP contribution is 2.10. The zero-order chi connectivity index (χ0) is 15.1. The van der Waals surface area contributed by atoms with E-state index >= 15 is 0 Å². The molecule has 6 heteroatoms. The molecular weight excluding hydrogens is 302 g/mol. The van der Waals surface area contributed by atoms with Crippen LogP contribution in [-0.4, -0.2) is 43.6 Å². The predicted molar refractivity (Wildman–Crippen MR) is 89.9 cm³/mol. The first-order valence-corrected chi connectivity index (χ1v) is 7.49. The summed E-state index contributed by atoms with van der Waals surface area (Å²) in [6, 6.07) is 8.31. The minimum atomic E-state index is 0. The Labute approximate surface area is 138 Å². The first-order valence-electron chi connectivity index (χ1n) is 7.49. The first-order chi connectivity index (χ1) is 10.2. The number of likely N-dealkylation sites (tertiary alicyclic amines) is 1. The maximum Gasteiger partial charge on any atom is 0.234 e. The smallest absolute Gasteiger partial charge is 0.234 e. The minimum Gasteiger partial charge on any atom is -0.380 e. The molecular formula is C16H26ClN3O2. The lowest BCUT2D eigenvalue weighted by atomic mass is 10.1. The van der Waals surface area contributed by atoms with E-state index in [9.17, 15) is 4.79 Å². The van der Waals surface area contributed by atoms with Gasteiger partial charge in [-0.1, -0.05) is 24.3 Å². The molecule has 1 saturated heterocycles. The average Bonchev–Trinajstić information content (AvgIpc) is 2.49. The lowest BCUT2D eigenvalue weighted by molar-refractivity contribution is -0.122. The number of methoxy groups -OCH3 is 1. The highest BCUT2D eigenvalue weighted by atomic mass is 35.5. The number of nitrogens with two attached hydrogens (primary N) is 1. The standard InChI is InChI=1S/C16H25N3O2.ClH/c1-21-12-14-5-3-2-4-13(14)10-18-16(20)11-19-8-6-15(17)7-9-19;/h2-5,15H,6-12,17H2,1H3,(H,18,20);1H. The SMILES string of the molecule is COCc1ccccc1CNC(=O)CN1CCC(N)CC1.Cl. The second-order valence-corrected chi connectivity index (χ2v) is 5.59. The summed E-state index contributed by atoms with van der Waals surface area (Å²) in [5.74, 6) is 0.0673. The number of carbonyl (C=O) groups excluding carboxylic acids is 1. The van der Waals surface area contributed by atoms with Gasteiger partial charge in [0.25, 0.3) is 0 Å². The molecule has 1 aliphatic heterocycles. The molecule has 0 aliphatic carbocycles. The fourth-order valence-electron chi connectivity index (χ4n) is 2.59. The van der Waals surface area contributed by atoms with Gasteiger partial charge in [0.2, 0.25) is 5.91 Å². The number of nitrogens with zero attached hydrogens (tertiary/aromatic N) is 1. The van der Waals surface area contributed by atoms with E-state index in [4.69, 9.17) is 10.5 Å². The van der Waals surface area contributed by atoms with Crippen molar-refractivity contribution in [3.63, 3.8) is 0 Å². The van der Waals surface area contributed by atoms with Crippen molar-refractivity contribution in [2.24, 2.45) is 5.73 Å². The number of rotatable bonds is 6. The molecule has 2 rings (SSSR count). The minimum absolute atomic E-state index is 0. The molecule has 0 saturated carbocycles. The molecule has 22 heavy (non-hydrogen) atoms. The monoisotopic (exact) mass is 327 g/mol. The molecule has 1 aromatic carbocycles. The molecule has 0 bridgehead atoms. The Balaban J connectivity index is 0.00000242. The second-order valence-electron chi connectivity index (χ2n) is 5.59. The van der Waals surface area contributed by atoms with Crippen LogP contribution in [0.4, 0.5) is 0 Å². The number of carbonyl (C=O) groups is 1. The van der Waals surface area contributed by atoms with Crippen LogP contribution in [0, 0.1) is 0 Å². The van der Waals surface area contributed by atoms with Gasteiger partial charge in [0, 0.05) is 32.8 Å². The Morgan fingerprint density at radius 2 is 1.95 bits per heavy atom. The number of benzene rings is 1. The highest BCUT2D eigenvalue weighted by Gasteiger charge is 2.18. The lowest BCUT2D eigenvalue weighted by Crippen LogP contribution is -2.44. The normalized spacial score (nSPS) is 16.1. The van der Waals surface area contributed by atoms with Crippen molar-refractivity contribution in [1.29, 1.82) is 0 Å². The van der Waals surface area contributed by atoms with E-state index < -0.39 is 0 Å². The summed E-state index contributed by atoms with van der Waals surface area (Å²) in [5.41, 5.74) is 8.09. The van der Waals surface area contributed by atoms with Crippen molar-refractivity contribution in [2.45, 2.75) is 32.0 Å². The number of ether oxygens (including phenoxy) is 1. The van der Waals surface area contributed by atoms with Gasteiger partial charge < -0.3 is 15.8 Å². The third-order valence-corrected chi connectivity index (χ3v) is 3.89. The van der Waals surface area contributed by atoms with E-state index in [1.54, 1.807) is 7.11 Å². The van der Waals surface area contributed by atoms with Crippen molar-refractivity contribution in [3.05, 3.63) is 35.4 Å². The van der Waals surface area contributed by atoms with Gasteiger partial charge in [0.1, 0.15) is 0 Å². The Bertz CT molecular complexity index is 462. The van der Waals surface area contributed by atoms with Crippen LogP contribution in [0.25, 0.3) is 0 Å². The Hall–Kier alpha value is -1.14. The highest BCUT2D eigenvalue weighted by molar-refractivity contribution is 5.85. The van der Waals surface area contributed by atoms with E-state index in [1.165, 1.54) is 0 Å². The van der Waals surface area contributed by atoms with Crippen LogP contribution >= 0.6 is 12.4 Å². The van der Waals surface area contributed by atoms with E-state index in [1.807, 2.05) is 24.3 Å². The molecule has 1 amide bonds. The van der Waals surface area contributed by atoms with Crippen molar-refractivity contribution >= 4 is 18.3 Å². The van der Waals surface area contributed by atoms with Gasteiger partial charge in [-0.15, -0.1) is 12.4 Å². The van der Waals surface area contributed by atoms with Crippen LogP contribution < -0.4 is 11.1 Å². The summed E-state index contributed by atoms with van der Waals surface area (Å²) < 4.78 is 5.17. The van der Waals surface area contributed by atoms with E-state index in [2.05, 4.69) is 10.2 Å². The van der Waals surface area contributed by atoms with Gasteiger partial charge in [-0.25, -0.2) is 0 Å². The van der Waals surface area contributed by atoms with Gasteiger partial charge in [-0.2, -0.15) is 0 Å². The van der Waals surface area contributed by atoms with Crippen molar-refractivity contribution in [1.82, 2.24) is 10.2 Å².